The van der Waals surface area contributed by atoms with E-state index in [1.54, 1.807) is 16.3 Å². The zero-order valence-corrected chi connectivity index (χ0v) is 21.4. The van der Waals surface area contributed by atoms with Gasteiger partial charge in [0.15, 0.2) is 5.16 Å². The molecule has 184 valence electrons. The fourth-order valence-corrected chi connectivity index (χ4v) is 4.55. The van der Waals surface area contributed by atoms with Crippen LogP contribution in [-0.2, 0) is 11.3 Å². The molecule has 0 fully saturated rings. The molecule has 0 spiro atoms. The van der Waals surface area contributed by atoms with Gasteiger partial charge >= 0.3 is 0 Å². The van der Waals surface area contributed by atoms with Crippen molar-refractivity contribution in [1.29, 1.82) is 0 Å². The number of carbonyl (C=O) groups is 1. The number of anilines is 2. The molecule has 11 nitrogen and oxygen atoms in total. The number of thioether (sulfide) groups is 1. The minimum atomic E-state index is -0.0202. The molecule has 0 aliphatic heterocycles. The normalized spacial score (nSPS) is 11.1. The van der Waals surface area contributed by atoms with Crippen LogP contribution < -0.4 is 10.6 Å². The summed E-state index contributed by atoms with van der Waals surface area (Å²) in [4.78, 5) is 23.6. The van der Waals surface area contributed by atoms with Crippen LogP contribution in [0.4, 0.5) is 11.9 Å². The molecule has 3 aromatic heterocycles. The lowest BCUT2D eigenvalue weighted by Crippen LogP contribution is -2.28. The standard InChI is InChI=1S/C23H30N10OS/c1-6-24-20-26-21(25-7-2)32-22(27-20)28-29-23(32)35-14-19(34)31(5)13-18-15(3)30-33(16(18)4)17-11-9-8-10-12-17/h8-12H,6-7,13-14H2,1-5H3,(H2,24,25,26,27,28). The third-order valence-corrected chi connectivity index (χ3v) is 6.42. The van der Waals surface area contributed by atoms with Gasteiger partial charge in [-0.15, -0.1) is 10.2 Å². The van der Waals surface area contributed by atoms with E-state index in [1.165, 1.54) is 11.8 Å². The highest BCUT2D eigenvalue weighted by atomic mass is 32.2. The van der Waals surface area contributed by atoms with Gasteiger partial charge in [0, 0.05) is 37.9 Å². The molecule has 0 saturated heterocycles. The van der Waals surface area contributed by atoms with Crippen LogP contribution in [0.5, 0.6) is 0 Å². The van der Waals surface area contributed by atoms with Gasteiger partial charge in [-0.2, -0.15) is 15.1 Å². The lowest BCUT2D eigenvalue weighted by atomic mass is 10.2. The van der Waals surface area contributed by atoms with Crippen LogP contribution in [0.3, 0.4) is 0 Å². The van der Waals surface area contributed by atoms with Crippen molar-refractivity contribution < 1.29 is 4.79 Å². The monoisotopic (exact) mass is 494 g/mol. The molecule has 0 aliphatic rings. The Labute approximate surface area is 208 Å². The van der Waals surface area contributed by atoms with Crippen LogP contribution in [0, 0.1) is 13.8 Å². The van der Waals surface area contributed by atoms with Gasteiger partial charge in [-0.1, -0.05) is 30.0 Å². The lowest BCUT2D eigenvalue weighted by Gasteiger charge is -2.17. The number of hydrogen-bond acceptors (Lipinski definition) is 9. The molecule has 3 heterocycles. The maximum Gasteiger partial charge on any atom is 0.261 e. The summed E-state index contributed by atoms with van der Waals surface area (Å²) in [5.41, 5.74) is 3.97. The Bertz CT molecular complexity index is 1320. The number of amides is 1. The highest BCUT2D eigenvalue weighted by molar-refractivity contribution is 7.99. The molecule has 0 radical (unpaired) electrons. The molecular formula is C23H30N10OS. The zero-order chi connectivity index (χ0) is 24.9. The third-order valence-electron chi connectivity index (χ3n) is 5.50. The predicted octanol–water partition coefficient (Wildman–Crippen LogP) is 2.94. The highest BCUT2D eigenvalue weighted by Gasteiger charge is 2.20. The maximum absolute atomic E-state index is 13.0. The fourth-order valence-electron chi connectivity index (χ4n) is 3.68. The zero-order valence-electron chi connectivity index (χ0n) is 20.6. The van der Waals surface area contributed by atoms with Crippen molar-refractivity contribution in [1.82, 2.24) is 39.2 Å². The van der Waals surface area contributed by atoms with Crippen molar-refractivity contribution in [3.63, 3.8) is 0 Å². The van der Waals surface area contributed by atoms with Crippen LogP contribution in [0.15, 0.2) is 35.5 Å². The Balaban J connectivity index is 1.47. The van der Waals surface area contributed by atoms with E-state index in [-0.39, 0.29) is 11.7 Å². The second-order valence-corrected chi connectivity index (χ2v) is 8.93. The number of carbonyl (C=O) groups excluding carboxylic acids is 1. The molecule has 0 aliphatic carbocycles. The van der Waals surface area contributed by atoms with Crippen molar-refractivity contribution >= 4 is 35.3 Å². The van der Waals surface area contributed by atoms with Gasteiger partial charge in [0.2, 0.25) is 17.8 Å². The Morgan fingerprint density at radius 1 is 1.06 bits per heavy atom. The van der Waals surface area contributed by atoms with E-state index < -0.39 is 0 Å². The summed E-state index contributed by atoms with van der Waals surface area (Å²) in [6.45, 7) is 9.81. The predicted molar refractivity (Wildman–Crippen MR) is 137 cm³/mol. The summed E-state index contributed by atoms with van der Waals surface area (Å²) in [7, 11) is 1.80. The first-order valence-electron chi connectivity index (χ1n) is 11.5. The second-order valence-electron chi connectivity index (χ2n) is 7.98. The van der Waals surface area contributed by atoms with E-state index in [9.17, 15) is 4.79 Å². The quantitative estimate of drug-likeness (QED) is 0.321. The largest absolute Gasteiger partial charge is 0.355 e. The summed E-state index contributed by atoms with van der Waals surface area (Å²) < 4.78 is 3.66. The van der Waals surface area contributed by atoms with Gasteiger partial charge in [-0.25, -0.2) is 9.08 Å². The summed E-state index contributed by atoms with van der Waals surface area (Å²) in [6, 6.07) is 9.99. The van der Waals surface area contributed by atoms with Crippen molar-refractivity contribution in [3.8, 4) is 5.69 Å². The van der Waals surface area contributed by atoms with Gasteiger partial charge in [-0.05, 0) is 39.8 Å². The Kier molecular flexibility index (Phi) is 7.49. The minimum absolute atomic E-state index is 0.0202. The van der Waals surface area contributed by atoms with Crippen molar-refractivity contribution in [2.45, 2.75) is 39.4 Å². The summed E-state index contributed by atoms with van der Waals surface area (Å²) in [6.07, 6.45) is 0. The second kappa shape index (κ2) is 10.7. The van der Waals surface area contributed by atoms with E-state index in [0.29, 0.717) is 42.5 Å². The summed E-state index contributed by atoms with van der Waals surface area (Å²) in [5, 5.41) is 20.0. The SMILES string of the molecule is CCNc1nc(NCC)n2c(SCC(=O)N(C)Cc3c(C)nn(-c4ccccc4)c3C)nnc2n1. The minimum Gasteiger partial charge on any atom is -0.355 e. The number of rotatable bonds is 10. The highest BCUT2D eigenvalue weighted by Crippen LogP contribution is 2.23. The van der Waals surface area contributed by atoms with Crippen LogP contribution in [-0.4, -0.2) is 71.0 Å². The van der Waals surface area contributed by atoms with Gasteiger partial charge in [-0.3, -0.25) is 4.79 Å². The molecule has 0 saturated carbocycles. The molecule has 35 heavy (non-hydrogen) atoms. The first-order chi connectivity index (χ1) is 16.9. The number of aromatic nitrogens is 7. The number of benzene rings is 1. The maximum atomic E-state index is 13.0. The number of hydrogen-bond donors (Lipinski definition) is 2. The van der Waals surface area contributed by atoms with E-state index >= 15 is 0 Å². The average Bonchev–Trinajstić information content (AvgIpc) is 3.39. The summed E-state index contributed by atoms with van der Waals surface area (Å²) >= 11 is 1.31. The number of para-hydroxylation sites is 1. The number of nitrogens with zero attached hydrogens (tertiary/aromatic N) is 8. The lowest BCUT2D eigenvalue weighted by molar-refractivity contribution is -0.127. The fraction of sp³-hybridized carbons (Fsp3) is 0.391. The molecule has 0 unspecified atom stereocenters. The molecule has 4 aromatic rings. The van der Waals surface area contributed by atoms with Crippen LogP contribution in [0.25, 0.3) is 11.5 Å². The van der Waals surface area contributed by atoms with Crippen LogP contribution in [0.1, 0.15) is 30.8 Å². The first-order valence-corrected chi connectivity index (χ1v) is 12.5. The topological polar surface area (TPSA) is 118 Å². The van der Waals surface area contributed by atoms with E-state index in [4.69, 9.17) is 0 Å². The smallest absolute Gasteiger partial charge is 0.261 e. The first kappa shape index (κ1) is 24.5. The van der Waals surface area contributed by atoms with E-state index in [2.05, 4.69) is 35.9 Å². The molecule has 0 atom stereocenters. The van der Waals surface area contributed by atoms with Gasteiger partial charge in [0.05, 0.1) is 17.1 Å². The molecule has 12 heteroatoms. The molecule has 4 rings (SSSR count). The Morgan fingerprint density at radius 2 is 1.80 bits per heavy atom. The average molecular weight is 495 g/mol. The van der Waals surface area contributed by atoms with Gasteiger partial charge < -0.3 is 15.5 Å². The Hall–Kier alpha value is -3.67. The van der Waals surface area contributed by atoms with Crippen LogP contribution >= 0.6 is 11.8 Å². The molecular weight excluding hydrogens is 464 g/mol. The van der Waals surface area contributed by atoms with Crippen LogP contribution in [0.2, 0.25) is 0 Å². The Morgan fingerprint density at radius 3 is 2.51 bits per heavy atom. The van der Waals surface area contributed by atoms with Crippen molar-refractivity contribution in [3.05, 3.63) is 47.3 Å². The molecule has 1 aromatic carbocycles. The molecule has 1 amide bonds. The van der Waals surface area contributed by atoms with Crippen molar-refractivity contribution in [2.24, 2.45) is 0 Å². The third kappa shape index (κ3) is 5.21. The van der Waals surface area contributed by atoms with Crippen molar-refractivity contribution in [2.75, 3.05) is 36.5 Å². The number of nitrogens with one attached hydrogen (secondary N) is 2. The molecule has 0 bridgehead atoms. The van der Waals surface area contributed by atoms with E-state index in [1.807, 2.05) is 62.7 Å². The molecule has 2 N–H and O–H groups in total. The number of aryl methyl sites for hydroxylation is 1. The van der Waals surface area contributed by atoms with E-state index in [0.717, 1.165) is 22.6 Å². The van der Waals surface area contributed by atoms with Gasteiger partial charge in [0.25, 0.3) is 5.78 Å². The number of fused-ring (bicyclic) bond motifs is 1. The summed E-state index contributed by atoms with van der Waals surface area (Å²) in [5.74, 6) is 1.68. The van der Waals surface area contributed by atoms with Gasteiger partial charge in [0.1, 0.15) is 0 Å².